The van der Waals surface area contributed by atoms with E-state index in [1.807, 2.05) is 61.5 Å². The smallest absolute Gasteiger partial charge is 0.250 e. The van der Waals surface area contributed by atoms with Gasteiger partial charge < -0.3 is 5.32 Å². The van der Waals surface area contributed by atoms with Crippen LogP contribution in [0.4, 0.5) is 0 Å². The van der Waals surface area contributed by atoms with Crippen LogP contribution in [-0.2, 0) is 27.8 Å². The Kier molecular flexibility index (Phi) is 6.61. The number of thiophene rings is 1. The lowest BCUT2D eigenvalue weighted by atomic mass is 10.1. The molecule has 1 amide bonds. The van der Waals surface area contributed by atoms with Crippen molar-refractivity contribution >= 4 is 27.3 Å². The molecule has 0 aliphatic heterocycles. The largest absolute Gasteiger partial charge is 0.351 e. The molecule has 0 unspecified atom stereocenters. The Labute approximate surface area is 169 Å². The summed E-state index contributed by atoms with van der Waals surface area (Å²) in [7, 11) is -3.76. The van der Waals surface area contributed by atoms with Gasteiger partial charge in [0.2, 0.25) is 5.91 Å². The number of hydrogen-bond acceptors (Lipinski definition) is 4. The highest BCUT2D eigenvalue weighted by Gasteiger charge is 2.26. The summed E-state index contributed by atoms with van der Waals surface area (Å²) in [5.74, 6) is -0.357. The first-order valence-electron chi connectivity index (χ1n) is 8.87. The molecular formula is C21H22N2O3S2. The maximum Gasteiger partial charge on any atom is 0.250 e. The fourth-order valence-electron chi connectivity index (χ4n) is 2.72. The fraction of sp³-hybridized carbons (Fsp3) is 0.190. The summed E-state index contributed by atoms with van der Waals surface area (Å²) in [5.41, 5.74) is 2.98. The average molecular weight is 415 g/mol. The summed E-state index contributed by atoms with van der Waals surface area (Å²) in [6.07, 6.45) is 0.269. The monoisotopic (exact) mass is 414 g/mol. The maximum atomic E-state index is 12.8. The van der Waals surface area contributed by atoms with Crippen molar-refractivity contribution in [3.8, 4) is 0 Å². The summed E-state index contributed by atoms with van der Waals surface area (Å²) < 4.78 is 28.0. The molecule has 0 saturated carbocycles. The summed E-state index contributed by atoms with van der Waals surface area (Å²) in [4.78, 5) is 12.8. The summed E-state index contributed by atoms with van der Waals surface area (Å²) in [6, 6.07) is 19.5. The molecule has 3 rings (SSSR count). The van der Waals surface area contributed by atoms with Crippen molar-refractivity contribution in [2.24, 2.45) is 0 Å². The number of carbonyl (C=O) groups is 1. The van der Waals surface area contributed by atoms with Crippen LogP contribution in [0, 0.1) is 6.92 Å². The lowest BCUT2D eigenvalue weighted by Crippen LogP contribution is -2.47. The summed E-state index contributed by atoms with van der Waals surface area (Å²) >= 11 is 1.12. The van der Waals surface area contributed by atoms with Crippen LogP contribution in [0.2, 0.25) is 0 Å². The molecule has 0 saturated heterocycles. The normalized spacial score (nSPS) is 12.5. The van der Waals surface area contributed by atoms with E-state index < -0.39 is 16.1 Å². The van der Waals surface area contributed by atoms with Crippen molar-refractivity contribution in [2.75, 3.05) is 0 Å². The van der Waals surface area contributed by atoms with E-state index in [2.05, 4.69) is 10.0 Å². The molecule has 1 heterocycles. The van der Waals surface area contributed by atoms with E-state index in [9.17, 15) is 13.2 Å². The Hall–Kier alpha value is -2.48. The molecule has 1 aromatic heterocycles. The number of carbonyl (C=O) groups excluding carboxylic acids is 1. The van der Waals surface area contributed by atoms with Crippen molar-refractivity contribution in [1.29, 1.82) is 0 Å². The van der Waals surface area contributed by atoms with Crippen LogP contribution in [0.25, 0.3) is 0 Å². The zero-order valence-corrected chi connectivity index (χ0v) is 17.1. The van der Waals surface area contributed by atoms with Crippen LogP contribution in [0.5, 0.6) is 0 Å². The van der Waals surface area contributed by atoms with E-state index in [1.165, 1.54) is 6.07 Å². The molecule has 0 bridgehead atoms. The number of benzene rings is 2. The lowest BCUT2D eigenvalue weighted by molar-refractivity contribution is -0.122. The third-order valence-corrected chi connectivity index (χ3v) is 7.11. The van der Waals surface area contributed by atoms with Crippen molar-refractivity contribution < 1.29 is 13.2 Å². The molecule has 146 valence electrons. The van der Waals surface area contributed by atoms with Gasteiger partial charge in [0.25, 0.3) is 10.0 Å². The third kappa shape index (κ3) is 5.51. The SMILES string of the molecule is Cc1ccc(CNC(=O)[C@H](Cc2ccccc2)NS(=O)(=O)c2cccs2)cc1. The van der Waals surface area contributed by atoms with Crippen molar-refractivity contribution in [2.45, 2.75) is 30.1 Å². The second-order valence-corrected chi connectivity index (χ2v) is 9.39. The Morgan fingerprint density at radius 3 is 2.32 bits per heavy atom. The zero-order valence-electron chi connectivity index (χ0n) is 15.5. The van der Waals surface area contributed by atoms with Crippen LogP contribution >= 0.6 is 11.3 Å². The highest BCUT2D eigenvalue weighted by atomic mass is 32.2. The van der Waals surface area contributed by atoms with Gasteiger partial charge in [-0.1, -0.05) is 66.2 Å². The molecular weight excluding hydrogens is 392 g/mol. The predicted molar refractivity (Wildman–Crippen MR) is 112 cm³/mol. The van der Waals surface area contributed by atoms with E-state index >= 15 is 0 Å². The molecule has 3 aromatic rings. The quantitative estimate of drug-likeness (QED) is 0.594. The highest BCUT2D eigenvalue weighted by molar-refractivity contribution is 7.91. The van der Waals surface area contributed by atoms with Gasteiger partial charge in [-0.3, -0.25) is 4.79 Å². The second kappa shape index (κ2) is 9.14. The maximum absolute atomic E-state index is 12.8. The third-order valence-electron chi connectivity index (χ3n) is 4.24. The number of amides is 1. The highest BCUT2D eigenvalue weighted by Crippen LogP contribution is 2.17. The number of rotatable bonds is 8. The number of hydrogen-bond donors (Lipinski definition) is 2. The minimum Gasteiger partial charge on any atom is -0.351 e. The van der Waals surface area contributed by atoms with Crippen LogP contribution in [0.1, 0.15) is 16.7 Å². The molecule has 28 heavy (non-hydrogen) atoms. The van der Waals surface area contributed by atoms with Gasteiger partial charge in [0.1, 0.15) is 10.3 Å². The van der Waals surface area contributed by atoms with Gasteiger partial charge in [-0.25, -0.2) is 8.42 Å². The first kappa shape index (κ1) is 20.3. The Morgan fingerprint density at radius 2 is 1.68 bits per heavy atom. The van der Waals surface area contributed by atoms with Gasteiger partial charge in [-0.15, -0.1) is 11.3 Å². The van der Waals surface area contributed by atoms with E-state index in [1.54, 1.807) is 11.4 Å². The Balaban J connectivity index is 1.74. The standard InChI is InChI=1S/C21H22N2O3S2/c1-16-9-11-18(12-10-16)15-22-21(24)19(14-17-6-3-2-4-7-17)23-28(25,26)20-8-5-13-27-20/h2-13,19,23H,14-15H2,1H3,(H,22,24)/t19-/m0/s1. The molecule has 0 fully saturated rings. The molecule has 7 heteroatoms. The number of sulfonamides is 1. The van der Waals surface area contributed by atoms with Gasteiger partial charge in [0.05, 0.1) is 0 Å². The van der Waals surface area contributed by atoms with E-state index in [4.69, 9.17) is 0 Å². The molecule has 0 spiro atoms. The van der Waals surface area contributed by atoms with Gasteiger partial charge in [-0.05, 0) is 35.9 Å². The first-order valence-corrected chi connectivity index (χ1v) is 11.2. The van der Waals surface area contributed by atoms with Crippen molar-refractivity contribution in [3.63, 3.8) is 0 Å². The Morgan fingerprint density at radius 1 is 0.964 bits per heavy atom. The first-order chi connectivity index (χ1) is 13.4. The fourth-order valence-corrected chi connectivity index (χ4v) is 4.92. The van der Waals surface area contributed by atoms with Gasteiger partial charge >= 0.3 is 0 Å². The predicted octanol–water partition coefficient (Wildman–Crippen LogP) is 3.26. The van der Waals surface area contributed by atoms with Crippen LogP contribution in [-0.4, -0.2) is 20.4 Å². The molecule has 1 atom stereocenters. The van der Waals surface area contributed by atoms with Gasteiger partial charge in [0.15, 0.2) is 0 Å². The van der Waals surface area contributed by atoms with Crippen LogP contribution in [0.15, 0.2) is 76.3 Å². The van der Waals surface area contributed by atoms with Gasteiger partial charge in [0, 0.05) is 6.54 Å². The topological polar surface area (TPSA) is 75.3 Å². The van der Waals surface area contributed by atoms with Crippen molar-refractivity contribution in [3.05, 3.63) is 88.8 Å². The summed E-state index contributed by atoms with van der Waals surface area (Å²) in [6.45, 7) is 2.34. The molecule has 0 aliphatic rings. The Bertz CT molecular complexity index is 1000. The van der Waals surface area contributed by atoms with Crippen molar-refractivity contribution in [1.82, 2.24) is 10.0 Å². The molecule has 2 N–H and O–H groups in total. The second-order valence-electron chi connectivity index (χ2n) is 6.50. The molecule has 2 aromatic carbocycles. The minimum atomic E-state index is -3.76. The van der Waals surface area contributed by atoms with E-state index in [-0.39, 0.29) is 16.5 Å². The van der Waals surface area contributed by atoms with E-state index in [0.717, 1.165) is 28.0 Å². The minimum absolute atomic E-state index is 0.192. The summed E-state index contributed by atoms with van der Waals surface area (Å²) in [5, 5.41) is 4.54. The lowest BCUT2D eigenvalue weighted by Gasteiger charge is -2.18. The number of aryl methyl sites for hydroxylation is 1. The number of nitrogens with one attached hydrogen (secondary N) is 2. The van der Waals surface area contributed by atoms with E-state index in [0.29, 0.717) is 6.54 Å². The molecule has 0 radical (unpaired) electrons. The molecule has 5 nitrogen and oxygen atoms in total. The van der Waals surface area contributed by atoms with Gasteiger partial charge in [-0.2, -0.15) is 4.72 Å². The van der Waals surface area contributed by atoms with Crippen LogP contribution < -0.4 is 10.0 Å². The zero-order chi connectivity index (χ0) is 20.0. The average Bonchev–Trinajstić information content (AvgIpc) is 3.23. The van der Waals surface area contributed by atoms with Crippen LogP contribution in [0.3, 0.4) is 0 Å². The molecule has 0 aliphatic carbocycles.